The summed E-state index contributed by atoms with van der Waals surface area (Å²) >= 11 is 0. The van der Waals surface area contributed by atoms with Crippen LogP contribution in [-0.2, 0) is 50.0 Å². The van der Waals surface area contributed by atoms with Crippen molar-refractivity contribution < 1.29 is 38.1 Å². The first-order valence-corrected chi connectivity index (χ1v) is 17.6. The summed E-state index contributed by atoms with van der Waals surface area (Å²) in [6.07, 6.45) is 4.89. The van der Waals surface area contributed by atoms with E-state index < -0.39 is 17.4 Å². The van der Waals surface area contributed by atoms with Crippen LogP contribution >= 0.6 is 0 Å². The molecule has 2 aliphatic heterocycles. The van der Waals surface area contributed by atoms with Crippen molar-refractivity contribution >= 4 is 68.7 Å². The number of aromatic amines is 2. The Labute approximate surface area is 313 Å². The number of H-pyrrole nitrogens is 2. The summed E-state index contributed by atoms with van der Waals surface area (Å²) in [4.78, 5) is 69.0. The fourth-order valence-electron chi connectivity index (χ4n) is 7.75. The molecule has 0 saturated carbocycles. The third kappa shape index (κ3) is 6.35. The predicted octanol–water partition coefficient (Wildman–Crippen LogP) is 6.95. The first-order valence-electron chi connectivity index (χ1n) is 17.6. The van der Waals surface area contributed by atoms with Crippen LogP contribution in [0.15, 0.2) is 48.1 Å². The van der Waals surface area contributed by atoms with Gasteiger partial charge in [-0.2, -0.15) is 0 Å². The van der Waals surface area contributed by atoms with Gasteiger partial charge in [0, 0.05) is 40.5 Å². The number of nitrogens with zero attached hydrogens (tertiary/aromatic N) is 2. The molecule has 8 bridgehead atoms. The lowest BCUT2D eigenvalue weighted by Crippen LogP contribution is -2.34. The molecule has 3 aromatic rings. The smallest absolute Gasteiger partial charge is 0.335 e. The molecule has 1 aliphatic carbocycles. The zero-order valence-corrected chi connectivity index (χ0v) is 31.9. The monoisotopic (exact) mass is 732 g/mol. The van der Waals surface area contributed by atoms with E-state index in [9.17, 15) is 19.2 Å². The Morgan fingerprint density at radius 1 is 0.759 bits per heavy atom. The van der Waals surface area contributed by atoms with E-state index in [0.717, 1.165) is 55.7 Å². The first-order chi connectivity index (χ1) is 25.8. The van der Waals surface area contributed by atoms with Crippen LogP contribution in [-0.4, -0.2) is 72.3 Å². The van der Waals surface area contributed by atoms with E-state index in [0.29, 0.717) is 41.0 Å². The highest BCUT2D eigenvalue weighted by atomic mass is 16.5. The molecule has 3 aromatic heterocycles. The van der Waals surface area contributed by atoms with Crippen LogP contribution in [0, 0.1) is 13.8 Å². The van der Waals surface area contributed by atoms with Crippen molar-refractivity contribution in [2.24, 2.45) is 0 Å². The molecule has 0 aromatic carbocycles. The van der Waals surface area contributed by atoms with Gasteiger partial charge in [0.25, 0.3) is 0 Å². The molecule has 1 unspecified atom stereocenters. The van der Waals surface area contributed by atoms with Gasteiger partial charge in [0.05, 0.1) is 67.8 Å². The standard InChI is InChI=1S/C42H44N4O8/c1-10-24-21(2)30-18-35-28-14-11-27(40(49)53-8)39(41(50)54-9)42(28,5)36(46-35)20-31-23(4)26(13-16-38(48)52-7)34(45-31)19-33-25(12-15-37(47)51-6)22(3)29(44-33)17-32(24)43-30/h10,14,17-20,43,45H,1,11-13,15-16H2,2-9H3. The zero-order chi connectivity index (χ0) is 39.1. The van der Waals surface area contributed by atoms with Gasteiger partial charge in [0.2, 0.25) is 0 Å². The van der Waals surface area contributed by atoms with Gasteiger partial charge in [-0.05, 0) is 105 Å². The number of rotatable bonds is 9. The summed E-state index contributed by atoms with van der Waals surface area (Å²) in [5.74, 6) is -1.98. The summed E-state index contributed by atoms with van der Waals surface area (Å²) < 4.78 is 20.4. The Bertz CT molecular complexity index is 2410. The van der Waals surface area contributed by atoms with Gasteiger partial charge in [-0.15, -0.1) is 0 Å². The quantitative estimate of drug-likeness (QED) is 0.174. The lowest BCUT2D eigenvalue weighted by atomic mass is 9.68. The molecule has 54 heavy (non-hydrogen) atoms. The lowest BCUT2D eigenvalue weighted by molar-refractivity contribution is -0.141. The van der Waals surface area contributed by atoms with Gasteiger partial charge in [0.1, 0.15) is 0 Å². The second-order valence-corrected chi connectivity index (χ2v) is 13.6. The van der Waals surface area contributed by atoms with Crippen LogP contribution in [0.5, 0.6) is 0 Å². The molecule has 1 atom stereocenters. The maximum absolute atomic E-state index is 13.7. The highest BCUT2D eigenvalue weighted by molar-refractivity contribution is 6.07. The number of aryl methyl sites for hydroxylation is 3. The number of carbonyl (C=O) groups is 4. The Balaban J connectivity index is 1.77. The number of fused-ring (bicyclic) bond motifs is 11. The van der Waals surface area contributed by atoms with Crippen molar-refractivity contribution in [2.75, 3.05) is 28.4 Å². The number of nitrogens with one attached hydrogen (secondary N) is 2. The molecule has 12 heteroatoms. The number of hydrogen-bond donors (Lipinski definition) is 2. The lowest BCUT2D eigenvalue weighted by Gasteiger charge is -2.32. The topological polar surface area (TPSA) is 163 Å². The molecular weight excluding hydrogens is 688 g/mol. The summed E-state index contributed by atoms with van der Waals surface area (Å²) in [7, 11) is 5.28. The summed E-state index contributed by atoms with van der Waals surface area (Å²) in [6, 6.07) is 7.72. The minimum atomic E-state index is -1.21. The third-order valence-electron chi connectivity index (χ3n) is 10.8. The average Bonchev–Trinajstić information content (AvgIpc) is 3.82. The number of esters is 4. The number of carbonyl (C=O) groups excluding carboxylic acids is 4. The number of hydrogen-bond acceptors (Lipinski definition) is 10. The highest BCUT2D eigenvalue weighted by Crippen LogP contribution is 2.51. The Kier molecular flexibility index (Phi) is 10.3. The number of methoxy groups -OCH3 is 4. The van der Waals surface area contributed by atoms with Crippen LogP contribution < -0.4 is 0 Å². The van der Waals surface area contributed by atoms with E-state index in [2.05, 4.69) is 16.5 Å². The molecule has 0 fully saturated rings. The number of aromatic nitrogens is 4. The summed E-state index contributed by atoms with van der Waals surface area (Å²) in [5.41, 5.74) is 10.6. The SMILES string of the molecule is C=Cc1c(C)c2cc3nc(cc4[nH]c(cc5nc(cc1[nH]2)C(C)=C5CCC(=O)OC)c(CCC(=O)OC)c4C)C1(C)C3=CCC(C(=O)OC)=C1C(=O)OC. The molecule has 3 aliphatic rings. The van der Waals surface area contributed by atoms with Gasteiger partial charge >= 0.3 is 23.9 Å². The van der Waals surface area contributed by atoms with Gasteiger partial charge in [-0.25, -0.2) is 14.6 Å². The number of ether oxygens (including phenoxy) is 4. The van der Waals surface area contributed by atoms with Crippen LogP contribution in [0.25, 0.3) is 44.9 Å². The largest absolute Gasteiger partial charge is 0.469 e. The van der Waals surface area contributed by atoms with Crippen molar-refractivity contribution in [3.05, 3.63) is 93.1 Å². The Morgan fingerprint density at radius 2 is 1.37 bits per heavy atom. The molecule has 280 valence electrons. The van der Waals surface area contributed by atoms with Gasteiger partial charge in [-0.3, -0.25) is 14.6 Å². The van der Waals surface area contributed by atoms with Gasteiger partial charge in [-0.1, -0.05) is 18.7 Å². The second kappa shape index (κ2) is 14.8. The maximum atomic E-state index is 13.7. The van der Waals surface area contributed by atoms with Crippen molar-refractivity contribution in [3.8, 4) is 0 Å². The van der Waals surface area contributed by atoms with E-state index in [-0.39, 0.29) is 42.3 Å². The zero-order valence-electron chi connectivity index (χ0n) is 31.9. The molecule has 0 spiro atoms. The van der Waals surface area contributed by atoms with Crippen molar-refractivity contribution in [1.29, 1.82) is 0 Å². The molecule has 5 heterocycles. The molecule has 12 nitrogen and oxygen atoms in total. The normalized spacial score (nSPS) is 16.4. The highest BCUT2D eigenvalue weighted by Gasteiger charge is 2.49. The van der Waals surface area contributed by atoms with Crippen molar-refractivity contribution in [3.63, 3.8) is 0 Å². The van der Waals surface area contributed by atoms with E-state index in [1.165, 1.54) is 28.4 Å². The Hall–Kier alpha value is -6.04. The van der Waals surface area contributed by atoms with Crippen molar-refractivity contribution in [1.82, 2.24) is 19.9 Å². The van der Waals surface area contributed by atoms with Crippen LogP contribution in [0.2, 0.25) is 0 Å². The fourth-order valence-corrected chi connectivity index (χ4v) is 7.75. The minimum Gasteiger partial charge on any atom is -0.469 e. The molecule has 0 saturated heterocycles. The minimum absolute atomic E-state index is 0.131. The van der Waals surface area contributed by atoms with Crippen LogP contribution in [0.1, 0.15) is 84.6 Å². The van der Waals surface area contributed by atoms with Crippen LogP contribution in [0.3, 0.4) is 0 Å². The molecule has 0 radical (unpaired) electrons. The molecule has 0 amide bonds. The third-order valence-corrected chi connectivity index (χ3v) is 10.8. The summed E-state index contributed by atoms with van der Waals surface area (Å²) in [6.45, 7) is 11.9. The predicted molar refractivity (Wildman–Crippen MR) is 206 cm³/mol. The van der Waals surface area contributed by atoms with Crippen molar-refractivity contribution in [2.45, 2.75) is 65.2 Å². The van der Waals surface area contributed by atoms with E-state index in [1.54, 1.807) is 6.08 Å². The van der Waals surface area contributed by atoms with E-state index in [4.69, 9.17) is 28.9 Å². The fraction of sp³-hybridized carbons (Fsp3) is 0.333. The second-order valence-electron chi connectivity index (χ2n) is 13.6. The molecule has 6 rings (SSSR count). The van der Waals surface area contributed by atoms with E-state index in [1.807, 2.05) is 58.0 Å². The summed E-state index contributed by atoms with van der Waals surface area (Å²) in [5, 5.41) is 0. The maximum Gasteiger partial charge on any atom is 0.335 e. The van der Waals surface area contributed by atoms with E-state index >= 15 is 0 Å². The van der Waals surface area contributed by atoms with Crippen LogP contribution in [0.4, 0.5) is 0 Å². The first kappa shape index (κ1) is 37.7. The average molecular weight is 733 g/mol. The van der Waals surface area contributed by atoms with Gasteiger partial charge in [0.15, 0.2) is 0 Å². The Morgan fingerprint density at radius 3 is 2.02 bits per heavy atom. The molecule has 2 N–H and O–H groups in total. The number of allylic oxidation sites excluding steroid dienone is 4. The molecular formula is C42H44N4O8. The van der Waals surface area contributed by atoms with Gasteiger partial charge < -0.3 is 28.9 Å².